The van der Waals surface area contributed by atoms with Gasteiger partial charge >= 0.3 is 178 Å². The Morgan fingerprint density at radius 1 is 0.633 bits per heavy atom. The van der Waals surface area contributed by atoms with Gasteiger partial charge in [-0.3, -0.25) is 0 Å². The van der Waals surface area contributed by atoms with Crippen LogP contribution in [0.1, 0.15) is 17.8 Å². The van der Waals surface area contributed by atoms with Crippen molar-refractivity contribution in [1.29, 1.82) is 0 Å². The first-order valence-electron chi connectivity index (χ1n) is 10.1. The van der Waals surface area contributed by atoms with Crippen LogP contribution in [0.3, 0.4) is 0 Å². The number of hydrogen-bond acceptors (Lipinski definition) is 3. The molecule has 4 rings (SSSR count). The van der Waals surface area contributed by atoms with Gasteiger partial charge in [-0.15, -0.1) is 0 Å². The van der Waals surface area contributed by atoms with Gasteiger partial charge in [0.25, 0.3) is 0 Å². The fourth-order valence-electron chi connectivity index (χ4n) is 4.18. The van der Waals surface area contributed by atoms with Crippen molar-refractivity contribution >= 4 is 23.2 Å². The summed E-state index contributed by atoms with van der Waals surface area (Å²) < 4.78 is 17.0. The van der Waals surface area contributed by atoms with Crippen molar-refractivity contribution in [2.45, 2.75) is 12.5 Å². The van der Waals surface area contributed by atoms with Crippen LogP contribution >= 0.6 is 7.26 Å². The Bertz CT molecular complexity index is 945. The summed E-state index contributed by atoms with van der Waals surface area (Å²) in [6.07, 6.45) is 0.311. The van der Waals surface area contributed by atoms with E-state index in [2.05, 4.69) is 97.1 Å². The van der Waals surface area contributed by atoms with Crippen LogP contribution < -0.4 is 15.9 Å². The van der Waals surface area contributed by atoms with Gasteiger partial charge in [-0.2, -0.15) is 0 Å². The molecule has 0 amide bonds. The van der Waals surface area contributed by atoms with Crippen molar-refractivity contribution < 1.29 is 13.9 Å². The molecule has 4 aromatic rings. The van der Waals surface area contributed by atoms with Crippen LogP contribution in [0.4, 0.5) is 0 Å². The van der Waals surface area contributed by atoms with E-state index in [4.69, 9.17) is 13.9 Å². The van der Waals surface area contributed by atoms with E-state index in [1.165, 1.54) is 15.9 Å². The molecule has 0 aliphatic heterocycles. The molecule has 0 aliphatic carbocycles. The first-order valence-corrected chi connectivity index (χ1v) is 12.3. The Kier molecular flexibility index (Phi) is 6.44. The second kappa shape index (κ2) is 9.40. The quantitative estimate of drug-likeness (QED) is 0.304. The molecule has 0 saturated heterocycles. The number of methoxy groups -OCH3 is 2. The van der Waals surface area contributed by atoms with E-state index in [0.717, 1.165) is 11.9 Å². The Hall–Kier alpha value is -2.71. The normalized spacial score (nSPS) is 12.2. The number of furan rings is 1. The van der Waals surface area contributed by atoms with Gasteiger partial charge in [-0.25, -0.2) is 0 Å². The van der Waals surface area contributed by atoms with Crippen LogP contribution in [0.25, 0.3) is 0 Å². The fraction of sp³-hybridized carbons (Fsp3) is 0.154. The molecule has 3 aromatic carbocycles. The maximum absolute atomic E-state index is 6.23. The predicted molar refractivity (Wildman–Crippen MR) is 126 cm³/mol. The van der Waals surface area contributed by atoms with Crippen molar-refractivity contribution in [2.75, 3.05) is 14.2 Å². The third-order valence-corrected chi connectivity index (χ3v) is 10.4. The standard InChI is InChI=1S/C26H27O3P/c1-27-26(28-2)25-19-18-21(29-25)20-30(22-12-6-3-7-13-22,23-14-8-4-9-15-23)24-16-10-5-11-17-24/h3-19,26,30H,20H2,1-2H3. The molecule has 0 atom stereocenters. The number of benzene rings is 3. The van der Waals surface area contributed by atoms with Gasteiger partial charge in [0.15, 0.2) is 0 Å². The molecular formula is C26H27O3P. The first kappa shape index (κ1) is 20.6. The van der Waals surface area contributed by atoms with E-state index < -0.39 is 13.6 Å². The molecule has 0 radical (unpaired) electrons. The zero-order valence-electron chi connectivity index (χ0n) is 17.3. The average Bonchev–Trinajstić information content (AvgIpc) is 3.28. The van der Waals surface area contributed by atoms with Crippen LogP contribution in [-0.4, -0.2) is 14.2 Å². The monoisotopic (exact) mass is 418 g/mol. The van der Waals surface area contributed by atoms with E-state index in [0.29, 0.717) is 5.76 Å². The Labute approximate surface area is 178 Å². The molecule has 0 aliphatic rings. The predicted octanol–water partition coefficient (Wildman–Crippen LogP) is 4.80. The molecule has 0 saturated carbocycles. The second-order valence-electron chi connectivity index (χ2n) is 7.29. The molecule has 30 heavy (non-hydrogen) atoms. The third kappa shape index (κ3) is 3.97. The van der Waals surface area contributed by atoms with Crippen LogP contribution in [0.15, 0.2) is 108 Å². The first-order chi connectivity index (χ1) is 14.8. The SMILES string of the molecule is COC(OC)c1ccc(C[PH](c2ccccc2)(c2ccccc2)c2ccccc2)o1. The molecule has 1 heterocycles. The summed E-state index contributed by atoms with van der Waals surface area (Å²) in [5.41, 5.74) is 0. The van der Waals surface area contributed by atoms with Gasteiger partial charge in [0, 0.05) is 0 Å². The molecule has 0 spiro atoms. The summed E-state index contributed by atoms with van der Waals surface area (Å²) in [4.78, 5) is 0. The van der Waals surface area contributed by atoms with Crippen LogP contribution in [0, 0.1) is 0 Å². The topological polar surface area (TPSA) is 31.6 Å². The molecule has 0 unspecified atom stereocenters. The summed E-state index contributed by atoms with van der Waals surface area (Å²) in [6.45, 7) is 0. The fourth-order valence-corrected chi connectivity index (χ4v) is 8.79. The van der Waals surface area contributed by atoms with Crippen molar-refractivity contribution in [2.24, 2.45) is 0 Å². The zero-order chi connectivity index (χ0) is 20.8. The van der Waals surface area contributed by atoms with Crippen LogP contribution in [0.5, 0.6) is 0 Å². The molecule has 1 aromatic heterocycles. The summed E-state index contributed by atoms with van der Waals surface area (Å²) in [5, 5.41) is 4.07. The zero-order valence-corrected chi connectivity index (χ0v) is 18.3. The van der Waals surface area contributed by atoms with E-state index in [1.54, 1.807) is 14.2 Å². The van der Waals surface area contributed by atoms with Gasteiger partial charge in [0.05, 0.1) is 0 Å². The van der Waals surface area contributed by atoms with Crippen molar-refractivity contribution in [1.82, 2.24) is 0 Å². The molecular weight excluding hydrogens is 391 g/mol. The maximum atomic E-state index is 6.23. The summed E-state index contributed by atoms with van der Waals surface area (Å²) in [5.74, 6) is 1.62. The van der Waals surface area contributed by atoms with Gasteiger partial charge in [-0.05, 0) is 0 Å². The molecule has 3 nitrogen and oxygen atoms in total. The van der Waals surface area contributed by atoms with E-state index in [-0.39, 0.29) is 0 Å². The third-order valence-electron chi connectivity index (χ3n) is 5.58. The van der Waals surface area contributed by atoms with Crippen LogP contribution in [-0.2, 0) is 15.6 Å². The second-order valence-corrected chi connectivity index (χ2v) is 11.2. The van der Waals surface area contributed by atoms with Crippen molar-refractivity contribution in [3.8, 4) is 0 Å². The van der Waals surface area contributed by atoms with Crippen molar-refractivity contribution in [3.05, 3.63) is 115 Å². The molecule has 154 valence electrons. The van der Waals surface area contributed by atoms with Gasteiger partial charge in [-0.1, -0.05) is 0 Å². The van der Waals surface area contributed by atoms with Gasteiger partial charge < -0.3 is 0 Å². The Morgan fingerprint density at radius 2 is 1.07 bits per heavy atom. The Balaban J connectivity index is 1.89. The number of ether oxygens (including phenoxy) is 2. The number of hydrogen-bond donors (Lipinski definition) is 0. The number of rotatable bonds is 8. The average molecular weight is 418 g/mol. The van der Waals surface area contributed by atoms with E-state index >= 15 is 0 Å². The molecule has 4 heteroatoms. The van der Waals surface area contributed by atoms with E-state index in [1.807, 2.05) is 6.07 Å². The molecule has 0 bridgehead atoms. The summed E-state index contributed by atoms with van der Waals surface area (Å²) >= 11 is 0. The van der Waals surface area contributed by atoms with Crippen molar-refractivity contribution in [3.63, 3.8) is 0 Å². The molecule has 0 N–H and O–H groups in total. The van der Waals surface area contributed by atoms with Gasteiger partial charge in [0.1, 0.15) is 0 Å². The summed E-state index contributed by atoms with van der Waals surface area (Å²) in [7, 11) is 0.855. The van der Waals surface area contributed by atoms with Gasteiger partial charge in [0.2, 0.25) is 0 Å². The Morgan fingerprint density at radius 3 is 1.47 bits per heavy atom. The minimum absolute atomic E-state index is 0.500. The summed E-state index contributed by atoms with van der Waals surface area (Å²) in [6, 6.07) is 36.5. The van der Waals surface area contributed by atoms with E-state index in [9.17, 15) is 0 Å². The minimum atomic E-state index is -2.38. The van der Waals surface area contributed by atoms with Crippen LogP contribution in [0.2, 0.25) is 0 Å². The molecule has 0 fully saturated rings.